The van der Waals surface area contributed by atoms with Crippen molar-refractivity contribution in [2.45, 2.75) is 52.9 Å². The molecule has 2 N–H and O–H groups in total. The Hall–Kier alpha value is -0.530. The summed E-state index contributed by atoms with van der Waals surface area (Å²) in [5.74, 6) is 2.32. The van der Waals surface area contributed by atoms with Gasteiger partial charge < -0.3 is 5.73 Å². The summed E-state index contributed by atoms with van der Waals surface area (Å²) in [7, 11) is 0. The van der Waals surface area contributed by atoms with E-state index in [-0.39, 0.29) is 11.8 Å². The van der Waals surface area contributed by atoms with Gasteiger partial charge in [0, 0.05) is 5.92 Å². The maximum absolute atomic E-state index is 11.2. The average Bonchev–Trinajstić information content (AvgIpc) is 2.27. The Morgan fingerprint density at radius 2 is 2.07 bits per heavy atom. The van der Waals surface area contributed by atoms with Gasteiger partial charge in [0.2, 0.25) is 5.91 Å². The van der Waals surface area contributed by atoms with E-state index in [9.17, 15) is 4.79 Å². The molecule has 1 fully saturated rings. The zero-order valence-corrected chi connectivity index (χ0v) is 10.3. The second-order valence-corrected chi connectivity index (χ2v) is 5.13. The van der Waals surface area contributed by atoms with Crippen molar-refractivity contribution in [2.24, 2.45) is 29.4 Å². The second kappa shape index (κ2) is 5.53. The summed E-state index contributed by atoms with van der Waals surface area (Å²) in [5.41, 5.74) is 5.42. The molecule has 1 amide bonds. The van der Waals surface area contributed by atoms with Crippen molar-refractivity contribution < 1.29 is 4.79 Å². The Kier molecular flexibility index (Phi) is 4.62. The molecule has 0 radical (unpaired) electrons. The Balaban J connectivity index is 2.64. The van der Waals surface area contributed by atoms with Crippen molar-refractivity contribution in [2.75, 3.05) is 0 Å². The van der Waals surface area contributed by atoms with E-state index in [1.54, 1.807) is 0 Å². The van der Waals surface area contributed by atoms with Crippen LogP contribution >= 0.6 is 0 Å². The first-order valence-electron chi connectivity index (χ1n) is 6.39. The monoisotopic (exact) mass is 211 g/mol. The van der Waals surface area contributed by atoms with Crippen molar-refractivity contribution in [3.05, 3.63) is 0 Å². The lowest BCUT2D eigenvalue weighted by atomic mass is 9.67. The lowest BCUT2D eigenvalue weighted by Crippen LogP contribution is -2.35. The molecule has 2 nitrogen and oxygen atoms in total. The van der Waals surface area contributed by atoms with E-state index in [2.05, 4.69) is 20.8 Å². The highest BCUT2D eigenvalue weighted by atomic mass is 16.1. The first-order chi connectivity index (χ1) is 7.10. The fraction of sp³-hybridized carbons (Fsp3) is 0.923. The summed E-state index contributed by atoms with van der Waals surface area (Å²) in [6.07, 6.45) is 5.70. The molecule has 0 aliphatic heterocycles. The predicted octanol–water partition coefficient (Wildman–Crippen LogP) is 2.96. The first kappa shape index (κ1) is 12.5. The molecule has 4 unspecified atom stereocenters. The van der Waals surface area contributed by atoms with E-state index in [1.165, 1.54) is 19.3 Å². The van der Waals surface area contributed by atoms with Gasteiger partial charge >= 0.3 is 0 Å². The van der Waals surface area contributed by atoms with Crippen LogP contribution in [0.5, 0.6) is 0 Å². The van der Waals surface area contributed by atoms with Crippen molar-refractivity contribution in [3.8, 4) is 0 Å². The van der Waals surface area contributed by atoms with Gasteiger partial charge in [-0.3, -0.25) is 4.79 Å². The molecule has 0 saturated heterocycles. The van der Waals surface area contributed by atoms with Crippen LogP contribution in [0, 0.1) is 23.7 Å². The summed E-state index contributed by atoms with van der Waals surface area (Å²) in [5, 5.41) is 0. The maximum Gasteiger partial charge on any atom is 0.220 e. The van der Waals surface area contributed by atoms with Crippen LogP contribution in [0.15, 0.2) is 0 Å². The Labute approximate surface area is 93.6 Å². The molecule has 1 saturated carbocycles. The summed E-state index contributed by atoms with van der Waals surface area (Å²) in [6.45, 7) is 6.83. The van der Waals surface area contributed by atoms with Gasteiger partial charge in [-0.25, -0.2) is 0 Å². The third-order valence-electron chi connectivity index (χ3n) is 4.35. The quantitative estimate of drug-likeness (QED) is 0.763. The van der Waals surface area contributed by atoms with Crippen LogP contribution in [0.2, 0.25) is 0 Å². The van der Waals surface area contributed by atoms with Crippen LogP contribution < -0.4 is 5.73 Å². The lowest BCUT2D eigenvalue weighted by molar-refractivity contribution is -0.124. The molecular weight excluding hydrogens is 186 g/mol. The topological polar surface area (TPSA) is 43.1 Å². The van der Waals surface area contributed by atoms with Gasteiger partial charge in [-0.15, -0.1) is 0 Å². The minimum Gasteiger partial charge on any atom is -0.369 e. The Morgan fingerprint density at radius 3 is 2.53 bits per heavy atom. The molecule has 2 heteroatoms. The minimum atomic E-state index is -0.0853. The van der Waals surface area contributed by atoms with Crippen LogP contribution in [0.4, 0.5) is 0 Å². The standard InChI is InChI=1S/C13H25NO/c1-4-9(3)12-8-11(13(14)15)7-6-10(12)5-2/h9-12H,4-8H2,1-3H3,(H2,14,15). The molecule has 0 aromatic heterocycles. The van der Waals surface area contributed by atoms with Crippen LogP contribution in [-0.2, 0) is 4.79 Å². The lowest BCUT2D eigenvalue weighted by Gasteiger charge is -2.38. The number of carbonyl (C=O) groups excluding carboxylic acids is 1. The van der Waals surface area contributed by atoms with E-state index in [4.69, 9.17) is 5.73 Å². The molecule has 1 aliphatic carbocycles. The second-order valence-electron chi connectivity index (χ2n) is 5.13. The van der Waals surface area contributed by atoms with Gasteiger partial charge in [-0.2, -0.15) is 0 Å². The highest BCUT2D eigenvalue weighted by molar-refractivity contribution is 5.76. The average molecular weight is 211 g/mol. The van der Waals surface area contributed by atoms with E-state index in [0.29, 0.717) is 5.92 Å². The third kappa shape index (κ3) is 2.96. The largest absolute Gasteiger partial charge is 0.369 e. The minimum absolute atomic E-state index is 0.0853. The molecule has 0 aromatic carbocycles. The Bertz CT molecular complexity index is 215. The first-order valence-corrected chi connectivity index (χ1v) is 6.39. The van der Waals surface area contributed by atoms with E-state index < -0.39 is 0 Å². The number of primary amides is 1. The zero-order valence-electron chi connectivity index (χ0n) is 10.3. The van der Waals surface area contributed by atoms with Gasteiger partial charge in [0.05, 0.1) is 0 Å². The number of carbonyl (C=O) groups is 1. The van der Waals surface area contributed by atoms with Crippen molar-refractivity contribution in [3.63, 3.8) is 0 Å². The molecule has 1 rings (SSSR count). The summed E-state index contributed by atoms with van der Waals surface area (Å²) >= 11 is 0. The van der Waals surface area contributed by atoms with Crippen LogP contribution in [0.1, 0.15) is 52.9 Å². The van der Waals surface area contributed by atoms with Crippen molar-refractivity contribution in [1.82, 2.24) is 0 Å². The predicted molar refractivity (Wildman–Crippen MR) is 63.3 cm³/mol. The number of rotatable bonds is 4. The van der Waals surface area contributed by atoms with Crippen molar-refractivity contribution >= 4 is 5.91 Å². The maximum atomic E-state index is 11.2. The van der Waals surface area contributed by atoms with Crippen LogP contribution in [-0.4, -0.2) is 5.91 Å². The van der Waals surface area contributed by atoms with Gasteiger partial charge in [-0.1, -0.05) is 33.6 Å². The molecule has 0 spiro atoms. The van der Waals surface area contributed by atoms with E-state index >= 15 is 0 Å². The van der Waals surface area contributed by atoms with Crippen LogP contribution in [0.25, 0.3) is 0 Å². The number of nitrogens with two attached hydrogens (primary N) is 1. The number of amides is 1. The molecular formula is C13H25NO. The van der Waals surface area contributed by atoms with Gasteiger partial charge in [-0.05, 0) is 37.0 Å². The number of hydrogen-bond acceptors (Lipinski definition) is 1. The van der Waals surface area contributed by atoms with E-state index in [1.807, 2.05) is 0 Å². The number of hydrogen-bond donors (Lipinski definition) is 1. The fourth-order valence-corrected chi connectivity index (χ4v) is 3.03. The normalized spacial score (nSPS) is 33.7. The van der Waals surface area contributed by atoms with Gasteiger partial charge in [0.1, 0.15) is 0 Å². The van der Waals surface area contributed by atoms with Crippen LogP contribution in [0.3, 0.4) is 0 Å². The SMILES string of the molecule is CCC(C)C1CC(C(N)=O)CCC1CC. The third-order valence-corrected chi connectivity index (χ3v) is 4.35. The van der Waals surface area contributed by atoms with E-state index in [0.717, 1.165) is 24.7 Å². The van der Waals surface area contributed by atoms with Gasteiger partial charge in [0.15, 0.2) is 0 Å². The molecule has 0 aromatic rings. The Morgan fingerprint density at radius 1 is 1.40 bits per heavy atom. The fourth-order valence-electron chi connectivity index (χ4n) is 3.03. The molecule has 88 valence electrons. The van der Waals surface area contributed by atoms with Gasteiger partial charge in [0.25, 0.3) is 0 Å². The summed E-state index contributed by atoms with van der Waals surface area (Å²) < 4.78 is 0. The highest BCUT2D eigenvalue weighted by Crippen LogP contribution is 2.40. The smallest absolute Gasteiger partial charge is 0.220 e. The molecule has 0 heterocycles. The summed E-state index contributed by atoms with van der Waals surface area (Å²) in [4.78, 5) is 11.2. The molecule has 4 atom stereocenters. The molecule has 1 aliphatic rings. The zero-order chi connectivity index (χ0) is 11.4. The molecule has 15 heavy (non-hydrogen) atoms. The van der Waals surface area contributed by atoms with Crippen molar-refractivity contribution in [1.29, 1.82) is 0 Å². The highest BCUT2D eigenvalue weighted by Gasteiger charge is 2.34. The molecule has 0 bridgehead atoms. The summed E-state index contributed by atoms with van der Waals surface area (Å²) in [6, 6.07) is 0.